The summed E-state index contributed by atoms with van der Waals surface area (Å²) in [6.07, 6.45) is 2.13. The van der Waals surface area contributed by atoms with E-state index in [1.807, 2.05) is 6.92 Å². The Labute approximate surface area is 106 Å². The van der Waals surface area contributed by atoms with Crippen LogP contribution in [0.3, 0.4) is 0 Å². The number of esters is 1. The molecular weight excluding hydrogens is 234 g/mol. The smallest absolute Gasteiger partial charge is 0.343 e. The number of carbonyl (C=O) groups excluding carboxylic acids is 1. The van der Waals surface area contributed by atoms with E-state index in [9.17, 15) is 14.7 Å². The van der Waals surface area contributed by atoms with Gasteiger partial charge in [-0.25, -0.2) is 4.79 Å². The molecule has 100 valence electrons. The highest BCUT2D eigenvalue weighted by Gasteiger charge is 2.21. The molecule has 1 heterocycles. The minimum absolute atomic E-state index is 0.0579. The first-order valence-corrected chi connectivity index (χ1v) is 6.14. The van der Waals surface area contributed by atoms with Gasteiger partial charge in [0.05, 0.1) is 12.2 Å². The average Bonchev–Trinajstić information content (AvgIpc) is 2.28. The molecule has 0 aliphatic heterocycles. The third kappa shape index (κ3) is 2.91. The second-order valence-corrected chi connectivity index (χ2v) is 4.11. The lowest BCUT2D eigenvalue weighted by Gasteiger charge is -2.11. The number of pyridine rings is 1. The standard InChI is InChI=1S/C13H19NO4/c1-4-6-7-9-11(15)10(13(17)18-5-2)8(3)14-12(9)16/h4-7H2,1-3H3,(H2,14,15,16). The van der Waals surface area contributed by atoms with Crippen molar-refractivity contribution in [1.29, 1.82) is 0 Å². The molecule has 5 heteroatoms. The maximum atomic E-state index is 11.7. The number of aryl methyl sites for hydroxylation is 1. The molecule has 0 amide bonds. The molecule has 0 aliphatic carbocycles. The number of unbranched alkanes of at least 4 members (excludes halogenated alkanes) is 1. The van der Waals surface area contributed by atoms with Crippen molar-refractivity contribution in [2.45, 2.75) is 40.0 Å². The number of rotatable bonds is 5. The predicted molar refractivity (Wildman–Crippen MR) is 68.0 cm³/mol. The summed E-state index contributed by atoms with van der Waals surface area (Å²) in [5.74, 6) is -0.857. The number of carbonyl (C=O) groups is 1. The first-order chi connectivity index (χ1) is 8.52. The second kappa shape index (κ2) is 6.23. The molecule has 1 aromatic heterocycles. The van der Waals surface area contributed by atoms with Crippen LogP contribution in [0, 0.1) is 6.92 Å². The van der Waals surface area contributed by atoms with Crippen molar-refractivity contribution >= 4 is 5.97 Å². The van der Waals surface area contributed by atoms with Crippen molar-refractivity contribution in [2.24, 2.45) is 0 Å². The summed E-state index contributed by atoms with van der Waals surface area (Å²) in [7, 11) is 0. The van der Waals surface area contributed by atoms with Gasteiger partial charge in [-0.1, -0.05) is 13.3 Å². The van der Waals surface area contributed by atoms with E-state index in [1.54, 1.807) is 13.8 Å². The van der Waals surface area contributed by atoms with Crippen molar-refractivity contribution in [1.82, 2.24) is 4.98 Å². The van der Waals surface area contributed by atoms with Crippen LogP contribution in [-0.2, 0) is 11.2 Å². The minimum Gasteiger partial charge on any atom is -0.506 e. The fourth-order valence-electron chi connectivity index (χ4n) is 1.78. The van der Waals surface area contributed by atoms with Gasteiger partial charge in [0, 0.05) is 5.69 Å². The number of aromatic hydroxyl groups is 1. The van der Waals surface area contributed by atoms with E-state index < -0.39 is 5.97 Å². The van der Waals surface area contributed by atoms with Gasteiger partial charge in [0.1, 0.15) is 11.3 Å². The van der Waals surface area contributed by atoms with Crippen LogP contribution >= 0.6 is 0 Å². The number of hydrogen-bond donors (Lipinski definition) is 2. The molecule has 0 aromatic carbocycles. The summed E-state index contributed by atoms with van der Waals surface area (Å²) in [6, 6.07) is 0. The molecule has 1 rings (SSSR count). The third-order valence-electron chi connectivity index (χ3n) is 2.73. The van der Waals surface area contributed by atoms with Crippen LogP contribution < -0.4 is 5.56 Å². The molecule has 0 fully saturated rings. The third-order valence-corrected chi connectivity index (χ3v) is 2.73. The van der Waals surface area contributed by atoms with Gasteiger partial charge in [0.2, 0.25) is 0 Å². The van der Waals surface area contributed by atoms with E-state index in [2.05, 4.69) is 4.98 Å². The fraction of sp³-hybridized carbons (Fsp3) is 0.538. The first-order valence-electron chi connectivity index (χ1n) is 6.14. The lowest BCUT2D eigenvalue weighted by molar-refractivity contribution is 0.0521. The summed E-state index contributed by atoms with van der Waals surface area (Å²) in [5.41, 5.74) is 0.302. The molecule has 0 spiro atoms. The summed E-state index contributed by atoms with van der Waals surface area (Å²) < 4.78 is 4.87. The van der Waals surface area contributed by atoms with Gasteiger partial charge in [0.15, 0.2) is 0 Å². The minimum atomic E-state index is -0.610. The Balaban J connectivity index is 3.26. The van der Waals surface area contributed by atoms with Crippen molar-refractivity contribution in [2.75, 3.05) is 6.61 Å². The first kappa shape index (κ1) is 14.3. The SMILES string of the molecule is CCCCc1c(O)c(C(=O)OCC)c(C)[nH]c1=O. The molecule has 2 N–H and O–H groups in total. The quantitative estimate of drug-likeness (QED) is 0.785. The maximum Gasteiger partial charge on any atom is 0.343 e. The number of aromatic nitrogens is 1. The number of nitrogens with one attached hydrogen (secondary N) is 1. The van der Waals surface area contributed by atoms with Gasteiger partial charge in [0.25, 0.3) is 5.56 Å². The van der Waals surface area contributed by atoms with Crippen LogP contribution in [-0.4, -0.2) is 22.7 Å². The predicted octanol–water partition coefficient (Wildman–Crippen LogP) is 1.91. The summed E-state index contributed by atoms with van der Waals surface area (Å²) in [6.45, 7) is 5.47. The van der Waals surface area contributed by atoms with Crippen molar-refractivity contribution in [3.63, 3.8) is 0 Å². The van der Waals surface area contributed by atoms with E-state index in [-0.39, 0.29) is 29.0 Å². The molecule has 0 atom stereocenters. The van der Waals surface area contributed by atoms with Gasteiger partial charge in [-0.3, -0.25) is 4.79 Å². The van der Waals surface area contributed by atoms with Gasteiger partial charge in [-0.15, -0.1) is 0 Å². The highest BCUT2D eigenvalue weighted by molar-refractivity contribution is 5.93. The van der Waals surface area contributed by atoms with Gasteiger partial charge >= 0.3 is 5.97 Å². The van der Waals surface area contributed by atoms with Crippen molar-refractivity contribution < 1.29 is 14.6 Å². The van der Waals surface area contributed by atoms with E-state index in [0.29, 0.717) is 12.1 Å². The van der Waals surface area contributed by atoms with Crippen LogP contribution in [0.15, 0.2) is 4.79 Å². The Morgan fingerprint density at radius 1 is 1.39 bits per heavy atom. The molecule has 5 nitrogen and oxygen atoms in total. The summed E-state index contributed by atoms with van der Waals surface area (Å²) in [4.78, 5) is 26.0. The lowest BCUT2D eigenvalue weighted by atomic mass is 10.0. The van der Waals surface area contributed by atoms with E-state index in [1.165, 1.54) is 0 Å². The zero-order valence-corrected chi connectivity index (χ0v) is 11.0. The fourth-order valence-corrected chi connectivity index (χ4v) is 1.78. The van der Waals surface area contributed by atoms with Crippen LogP contribution in [0.1, 0.15) is 48.3 Å². The second-order valence-electron chi connectivity index (χ2n) is 4.11. The highest BCUT2D eigenvalue weighted by atomic mass is 16.5. The lowest BCUT2D eigenvalue weighted by Crippen LogP contribution is -2.19. The molecular formula is C13H19NO4. The monoisotopic (exact) mass is 253 g/mol. The zero-order valence-electron chi connectivity index (χ0n) is 11.0. The number of hydrogen-bond acceptors (Lipinski definition) is 4. The van der Waals surface area contributed by atoms with Crippen LogP contribution in [0.25, 0.3) is 0 Å². The Hall–Kier alpha value is -1.78. The molecule has 18 heavy (non-hydrogen) atoms. The normalized spacial score (nSPS) is 10.4. The van der Waals surface area contributed by atoms with Gasteiger partial charge in [-0.2, -0.15) is 0 Å². The molecule has 0 saturated heterocycles. The molecule has 1 aromatic rings. The van der Waals surface area contributed by atoms with E-state index in [0.717, 1.165) is 12.8 Å². The molecule has 0 radical (unpaired) electrons. The Bertz CT molecular complexity index is 490. The highest BCUT2D eigenvalue weighted by Crippen LogP contribution is 2.23. The zero-order chi connectivity index (χ0) is 13.7. The van der Waals surface area contributed by atoms with E-state index >= 15 is 0 Å². The topological polar surface area (TPSA) is 79.4 Å². The van der Waals surface area contributed by atoms with Gasteiger partial charge < -0.3 is 14.8 Å². The molecule has 0 unspecified atom stereocenters. The Morgan fingerprint density at radius 2 is 2.06 bits per heavy atom. The summed E-state index contributed by atoms with van der Waals surface area (Å²) in [5, 5.41) is 10.1. The largest absolute Gasteiger partial charge is 0.506 e. The van der Waals surface area contributed by atoms with E-state index in [4.69, 9.17) is 4.74 Å². The van der Waals surface area contributed by atoms with Crippen molar-refractivity contribution in [3.05, 3.63) is 27.2 Å². The van der Waals surface area contributed by atoms with Crippen LogP contribution in [0.5, 0.6) is 5.75 Å². The number of ether oxygens (including phenoxy) is 1. The molecule has 0 aliphatic rings. The van der Waals surface area contributed by atoms with Gasteiger partial charge in [-0.05, 0) is 26.7 Å². The Morgan fingerprint density at radius 3 is 2.61 bits per heavy atom. The molecule has 0 bridgehead atoms. The molecule has 0 saturated carbocycles. The van der Waals surface area contributed by atoms with Crippen molar-refractivity contribution in [3.8, 4) is 5.75 Å². The summed E-state index contributed by atoms with van der Waals surface area (Å²) >= 11 is 0. The van der Waals surface area contributed by atoms with Crippen LogP contribution in [0.4, 0.5) is 0 Å². The average molecular weight is 253 g/mol. The number of aromatic amines is 1. The Kier molecular flexibility index (Phi) is 4.95. The number of H-pyrrole nitrogens is 1. The maximum absolute atomic E-state index is 11.7. The van der Waals surface area contributed by atoms with Crippen LogP contribution in [0.2, 0.25) is 0 Å².